The average Bonchev–Trinajstić information content (AvgIpc) is 2.98. The molecule has 0 bridgehead atoms. The molecule has 2 N–H and O–H groups in total. The molecule has 0 aliphatic rings. The lowest BCUT2D eigenvalue weighted by atomic mass is 9.96. The van der Waals surface area contributed by atoms with Crippen LogP contribution in [-0.2, 0) is 30.9 Å². The molecule has 3 aromatic rings. The Hall–Kier alpha value is -3.41. The standard InChI is InChI=1S/C29H35NO8S2/c1-37-26-18-17-24(21-27(26)38-2)40(35,36)28(16-10-9-13-22-11-5-3-6-12-22)25(29(31)30-32)19-20-39(33,34)23-14-7-4-8-15-23/h3-8,11-12,14-15,17-18,21,25,28,32H,9-10,13,16,19-20H2,1-2H3,(H,30,31)/t25-,28-/m1/s1. The maximum atomic E-state index is 14.0. The number of hydrogen-bond acceptors (Lipinski definition) is 8. The minimum atomic E-state index is -4.19. The zero-order chi connectivity index (χ0) is 29.2. The number of nitrogens with one attached hydrogen (secondary N) is 1. The lowest BCUT2D eigenvalue weighted by Crippen LogP contribution is -2.41. The van der Waals surface area contributed by atoms with Gasteiger partial charge in [0.25, 0.3) is 0 Å². The molecule has 0 heterocycles. The van der Waals surface area contributed by atoms with Crippen molar-refractivity contribution in [3.05, 3.63) is 84.4 Å². The lowest BCUT2D eigenvalue weighted by molar-refractivity contribution is -0.133. The molecule has 40 heavy (non-hydrogen) atoms. The zero-order valence-electron chi connectivity index (χ0n) is 22.5. The summed E-state index contributed by atoms with van der Waals surface area (Å²) in [6.45, 7) is 0. The Morgan fingerprint density at radius 3 is 2.02 bits per heavy atom. The normalized spacial score (nSPS) is 13.3. The van der Waals surface area contributed by atoms with Crippen LogP contribution in [0.4, 0.5) is 0 Å². The number of carbonyl (C=O) groups excluding carboxylic acids is 1. The summed E-state index contributed by atoms with van der Waals surface area (Å²) < 4.78 is 64.5. The Morgan fingerprint density at radius 1 is 0.800 bits per heavy atom. The molecular weight excluding hydrogens is 554 g/mol. The van der Waals surface area contributed by atoms with Crippen molar-refractivity contribution in [3.8, 4) is 11.5 Å². The third-order valence-corrected chi connectivity index (χ3v) is 10.9. The van der Waals surface area contributed by atoms with Crippen molar-refractivity contribution in [3.63, 3.8) is 0 Å². The number of hydroxylamine groups is 1. The van der Waals surface area contributed by atoms with Crippen LogP contribution in [0.3, 0.4) is 0 Å². The van der Waals surface area contributed by atoms with Crippen molar-refractivity contribution in [2.24, 2.45) is 5.92 Å². The van der Waals surface area contributed by atoms with Gasteiger partial charge in [-0.15, -0.1) is 0 Å². The number of benzene rings is 3. The molecule has 0 radical (unpaired) electrons. The van der Waals surface area contributed by atoms with Crippen LogP contribution in [0.15, 0.2) is 88.7 Å². The van der Waals surface area contributed by atoms with E-state index in [-0.39, 0.29) is 28.4 Å². The van der Waals surface area contributed by atoms with Gasteiger partial charge in [-0.3, -0.25) is 10.0 Å². The van der Waals surface area contributed by atoms with E-state index >= 15 is 0 Å². The van der Waals surface area contributed by atoms with Gasteiger partial charge in [0, 0.05) is 6.07 Å². The van der Waals surface area contributed by atoms with Crippen LogP contribution >= 0.6 is 0 Å². The van der Waals surface area contributed by atoms with Crippen molar-refractivity contribution in [2.45, 2.75) is 47.1 Å². The van der Waals surface area contributed by atoms with E-state index < -0.39 is 42.5 Å². The highest BCUT2D eigenvalue weighted by molar-refractivity contribution is 7.92. The summed E-state index contributed by atoms with van der Waals surface area (Å²) >= 11 is 0. The summed E-state index contributed by atoms with van der Waals surface area (Å²) in [7, 11) is -5.20. The molecule has 11 heteroatoms. The topological polar surface area (TPSA) is 136 Å². The van der Waals surface area contributed by atoms with E-state index in [9.17, 15) is 26.8 Å². The maximum absolute atomic E-state index is 14.0. The van der Waals surface area contributed by atoms with Gasteiger partial charge in [-0.2, -0.15) is 0 Å². The van der Waals surface area contributed by atoms with Crippen LogP contribution < -0.4 is 15.0 Å². The van der Waals surface area contributed by atoms with Gasteiger partial charge >= 0.3 is 0 Å². The molecule has 9 nitrogen and oxygen atoms in total. The largest absolute Gasteiger partial charge is 0.493 e. The van der Waals surface area contributed by atoms with Gasteiger partial charge in [0.15, 0.2) is 31.2 Å². The number of sulfone groups is 2. The highest BCUT2D eigenvalue weighted by Crippen LogP contribution is 2.34. The number of unbranched alkanes of at least 4 members (excludes halogenated alkanes) is 1. The molecule has 3 aromatic carbocycles. The SMILES string of the molecule is COc1ccc(S(=O)(=O)[C@H](CCCCc2ccccc2)[C@@H](CCS(=O)(=O)c2ccccc2)C(=O)NO)cc1OC. The first-order valence-electron chi connectivity index (χ1n) is 12.9. The highest BCUT2D eigenvalue weighted by atomic mass is 32.2. The van der Waals surface area contributed by atoms with Crippen LogP contribution in [0.1, 0.15) is 31.2 Å². The molecule has 0 saturated carbocycles. The van der Waals surface area contributed by atoms with Gasteiger partial charge < -0.3 is 9.47 Å². The van der Waals surface area contributed by atoms with E-state index in [1.165, 1.54) is 44.6 Å². The Labute approximate surface area is 235 Å². The van der Waals surface area contributed by atoms with Gasteiger partial charge in [0.2, 0.25) is 5.91 Å². The van der Waals surface area contributed by atoms with Gasteiger partial charge in [-0.05, 0) is 55.5 Å². The molecule has 0 unspecified atom stereocenters. The molecule has 3 rings (SSSR count). The Morgan fingerprint density at radius 2 is 1.43 bits per heavy atom. The van der Waals surface area contributed by atoms with Crippen LogP contribution in [0.2, 0.25) is 0 Å². The molecule has 2 atom stereocenters. The smallest absolute Gasteiger partial charge is 0.247 e. The first-order valence-corrected chi connectivity index (χ1v) is 16.1. The molecule has 1 amide bonds. The Balaban J connectivity index is 1.94. The Kier molecular flexibility index (Phi) is 11.1. The summed E-state index contributed by atoms with van der Waals surface area (Å²) in [5.41, 5.74) is 2.66. The monoisotopic (exact) mass is 589 g/mol. The fourth-order valence-corrected chi connectivity index (χ4v) is 8.08. The van der Waals surface area contributed by atoms with E-state index in [0.717, 1.165) is 5.56 Å². The van der Waals surface area contributed by atoms with Crippen LogP contribution in [0.5, 0.6) is 11.5 Å². The molecule has 0 fully saturated rings. The minimum absolute atomic E-state index is 0.0697. The second-order valence-corrected chi connectivity index (χ2v) is 13.6. The third-order valence-electron chi connectivity index (χ3n) is 6.82. The number of aryl methyl sites for hydroxylation is 1. The van der Waals surface area contributed by atoms with Crippen molar-refractivity contribution < 1.29 is 36.3 Å². The van der Waals surface area contributed by atoms with Crippen LogP contribution in [-0.4, -0.2) is 53.2 Å². The molecular formula is C29H35NO8S2. The molecule has 0 aliphatic heterocycles. The highest BCUT2D eigenvalue weighted by Gasteiger charge is 2.39. The van der Waals surface area contributed by atoms with E-state index in [1.807, 2.05) is 30.3 Å². The van der Waals surface area contributed by atoms with Gasteiger partial charge in [-0.25, -0.2) is 22.3 Å². The Bertz CT molecular complexity index is 1460. The number of hydrogen-bond donors (Lipinski definition) is 2. The molecule has 0 aromatic heterocycles. The average molecular weight is 590 g/mol. The molecule has 0 spiro atoms. The second kappa shape index (κ2) is 14.3. The summed E-state index contributed by atoms with van der Waals surface area (Å²) in [5, 5.41) is 8.22. The number of rotatable bonds is 15. The zero-order valence-corrected chi connectivity index (χ0v) is 24.2. The number of carbonyl (C=O) groups is 1. The molecule has 216 valence electrons. The summed E-state index contributed by atoms with van der Waals surface area (Å²) in [6.07, 6.45) is 1.58. The van der Waals surface area contributed by atoms with Gasteiger partial charge in [0.05, 0.1) is 40.9 Å². The van der Waals surface area contributed by atoms with Gasteiger partial charge in [-0.1, -0.05) is 55.0 Å². The summed E-state index contributed by atoms with van der Waals surface area (Å²) in [6, 6.07) is 21.6. The lowest BCUT2D eigenvalue weighted by Gasteiger charge is -2.26. The molecule has 0 saturated heterocycles. The van der Waals surface area contributed by atoms with Crippen molar-refractivity contribution in [2.75, 3.05) is 20.0 Å². The summed E-state index contributed by atoms with van der Waals surface area (Å²) in [4.78, 5) is 12.9. The fraction of sp³-hybridized carbons (Fsp3) is 0.345. The van der Waals surface area contributed by atoms with Crippen molar-refractivity contribution in [1.29, 1.82) is 0 Å². The van der Waals surface area contributed by atoms with E-state index in [2.05, 4.69) is 0 Å². The number of methoxy groups -OCH3 is 2. The predicted molar refractivity (Wildman–Crippen MR) is 151 cm³/mol. The van der Waals surface area contributed by atoms with E-state index in [4.69, 9.17) is 9.47 Å². The minimum Gasteiger partial charge on any atom is -0.493 e. The van der Waals surface area contributed by atoms with Crippen LogP contribution in [0.25, 0.3) is 0 Å². The van der Waals surface area contributed by atoms with E-state index in [1.54, 1.807) is 23.7 Å². The van der Waals surface area contributed by atoms with Crippen molar-refractivity contribution >= 4 is 25.6 Å². The second-order valence-electron chi connectivity index (χ2n) is 9.33. The third kappa shape index (κ3) is 7.83. The number of ether oxygens (including phenoxy) is 2. The van der Waals surface area contributed by atoms with Crippen LogP contribution in [0, 0.1) is 5.92 Å². The first kappa shape index (κ1) is 31.1. The van der Waals surface area contributed by atoms with E-state index in [0.29, 0.717) is 25.0 Å². The molecule has 0 aliphatic carbocycles. The summed E-state index contributed by atoms with van der Waals surface area (Å²) in [5.74, 6) is -2.24. The maximum Gasteiger partial charge on any atom is 0.247 e. The fourth-order valence-electron chi connectivity index (χ4n) is 4.66. The quantitative estimate of drug-likeness (QED) is 0.153. The predicted octanol–water partition coefficient (Wildman–Crippen LogP) is 4.24. The van der Waals surface area contributed by atoms with Gasteiger partial charge in [0.1, 0.15) is 0 Å². The first-order chi connectivity index (χ1) is 19.1. The van der Waals surface area contributed by atoms with Crippen molar-refractivity contribution in [1.82, 2.24) is 5.48 Å². The number of amides is 1.